The van der Waals surface area contributed by atoms with Gasteiger partial charge < -0.3 is 10.6 Å². The van der Waals surface area contributed by atoms with Crippen molar-refractivity contribution >= 4 is 0 Å². The lowest BCUT2D eigenvalue weighted by Crippen LogP contribution is -2.43. The molecule has 0 saturated carbocycles. The van der Waals surface area contributed by atoms with Crippen molar-refractivity contribution in [1.29, 1.82) is 0 Å². The van der Waals surface area contributed by atoms with Crippen LogP contribution in [0.4, 0.5) is 0 Å². The van der Waals surface area contributed by atoms with Gasteiger partial charge in [0.25, 0.3) is 0 Å². The van der Waals surface area contributed by atoms with Crippen LogP contribution in [0.1, 0.15) is 37.7 Å². The molecule has 0 aromatic heterocycles. The molecule has 1 saturated heterocycles. The molecule has 0 aliphatic carbocycles. The second kappa shape index (κ2) is 6.18. The van der Waals surface area contributed by atoms with Crippen molar-refractivity contribution in [1.82, 2.24) is 4.90 Å². The molecule has 1 aromatic rings. The summed E-state index contributed by atoms with van der Waals surface area (Å²) >= 11 is 0. The Balaban J connectivity index is 1.78. The summed E-state index contributed by atoms with van der Waals surface area (Å²) in [6, 6.07) is 11.2. The Morgan fingerprint density at radius 2 is 2.12 bits per heavy atom. The smallest absolute Gasteiger partial charge is 0.0168 e. The lowest BCUT2D eigenvalue weighted by Gasteiger charge is -2.31. The van der Waals surface area contributed by atoms with Gasteiger partial charge in [0.2, 0.25) is 0 Å². The van der Waals surface area contributed by atoms with Crippen LogP contribution in [0.3, 0.4) is 0 Å². The number of rotatable bonds is 4. The minimum atomic E-state index is 0.399. The summed E-state index contributed by atoms with van der Waals surface area (Å²) in [5.41, 5.74) is 7.45. The van der Waals surface area contributed by atoms with E-state index in [1.54, 1.807) is 0 Å². The largest absolute Gasteiger partial charge is 0.327 e. The average molecular weight is 232 g/mol. The van der Waals surface area contributed by atoms with Gasteiger partial charge in [0.15, 0.2) is 0 Å². The van der Waals surface area contributed by atoms with Crippen molar-refractivity contribution in [3.05, 3.63) is 35.9 Å². The standard InChI is InChI=1S/C15H24N2/c1-13(14-6-3-2-4-7-14)9-11-17-10-5-8-15(16)12-17/h2-4,6-7,13,15H,5,8-12,16H2,1H3/t13-,15+/m1/s1. The van der Waals surface area contributed by atoms with Crippen molar-refractivity contribution in [3.8, 4) is 0 Å². The van der Waals surface area contributed by atoms with Crippen LogP contribution in [0, 0.1) is 0 Å². The second-order valence-electron chi connectivity index (χ2n) is 5.30. The minimum absolute atomic E-state index is 0.399. The molecule has 2 atom stereocenters. The van der Waals surface area contributed by atoms with Crippen LogP contribution in [0.5, 0.6) is 0 Å². The first-order valence-electron chi connectivity index (χ1n) is 6.78. The van der Waals surface area contributed by atoms with E-state index in [2.05, 4.69) is 42.2 Å². The Hall–Kier alpha value is -0.860. The first-order valence-corrected chi connectivity index (χ1v) is 6.78. The summed E-state index contributed by atoms with van der Waals surface area (Å²) in [5.74, 6) is 0.648. The van der Waals surface area contributed by atoms with Crippen LogP contribution in [-0.2, 0) is 0 Å². The molecule has 1 aliphatic rings. The van der Waals surface area contributed by atoms with Gasteiger partial charge in [0, 0.05) is 12.6 Å². The van der Waals surface area contributed by atoms with Gasteiger partial charge in [-0.05, 0) is 43.8 Å². The van der Waals surface area contributed by atoms with E-state index in [1.807, 2.05) is 0 Å². The Kier molecular flexibility index (Phi) is 4.57. The number of nitrogens with zero attached hydrogens (tertiary/aromatic N) is 1. The predicted molar refractivity (Wildman–Crippen MR) is 73.1 cm³/mol. The van der Waals surface area contributed by atoms with Crippen molar-refractivity contribution in [2.75, 3.05) is 19.6 Å². The van der Waals surface area contributed by atoms with E-state index in [0.29, 0.717) is 12.0 Å². The maximum atomic E-state index is 6.00. The molecular formula is C15H24N2. The normalized spacial score (nSPS) is 23.5. The predicted octanol–water partition coefficient (Wildman–Crippen LogP) is 2.60. The fourth-order valence-corrected chi connectivity index (χ4v) is 2.62. The van der Waals surface area contributed by atoms with Crippen LogP contribution in [0.15, 0.2) is 30.3 Å². The van der Waals surface area contributed by atoms with E-state index in [-0.39, 0.29) is 0 Å². The first kappa shape index (κ1) is 12.6. The quantitative estimate of drug-likeness (QED) is 0.864. The zero-order valence-electron chi connectivity index (χ0n) is 10.8. The van der Waals surface area contributed by atoms with E-state index in [4.69, 9.17) is 5.73 Å². The summed E-state index contributed by atoms with van der Waals surface area (Å²) < 4.78 is 0. The van der Waals surface area contributed by atoms with E-state index in [9.17, 15) is 0 Å². The molecule has 1 heterocycles. The van der Waals surface area contributed by atoms with Crippen LogP contribution >= 0.6 is 0 Å². The van der Waals surface area contributed by atoms with Gasteiger partial charge in [-0.3, -0.25) is 0 Å². The van der Waals surface area contributed by atoms with Crippen molar-refractivity contribution < 1.29 is 0 Å². The van der Waals surface area contributed by atoms with Crippen LogP contribution < -0.4 is 5.73 Å². The maximum Gasteiger partial charge on any atom is 0.0168 e. The van der Waals surface area contributed by atoms with Gasteiger partial charge >= 0.3 is 0 Å². The third kappa shape index (κ3) is 3.83. The highest BCUT2D eigenvalue weighted by molar-refractivity contribution is 5.18. The highest BCUT2D eigenvalue weighted by Gasteiger charge is 2.17. The van der Waals surface area contributed by atoms with Gasteiger partial charge in [0.1, 0.15) is 0 Å². The molecule has 0 unspecified atom stereocenters. The van der Waals surface area contributed by atoms with Crippen LogP contribution in [0.25, 0.3) is 0 Å². The topological polar surface area (TPSA) is 29.3 Å². The lowest BCUT2D eigenvalue weighted by atomic mass is 9.97. The zero-order valence-corrected chi connectivity index (χ0v) is 10.8. The summed E-state index contributed by atoms with van der Waals surface area (Å²) in [7, 11) is 0. The van der Waals surface area contributed by atoms with Gasteiger partial charge in [-0.25, -0.2) is 0 Å². The molecule has 1 aromatic carbocycles. The van der Waals surface area contributed by atoms with Crippen molar-refractivity contribution in [2.45, 2.75) is 38.1 Å². The molecule has 2 nitrogen and oxygen atoms in total. The molecule has 1 fully saturated rings. The molecular weight excluding hydrogens is 208 g/mol. The summed E-state index contributed by atoms with van der Waals surface area (Å²) in [5, 5.41) is 0. The Labute approximate surface area is 105 Å². The first-order chi connectivity index (χ1) is 8.25. The Morgan fingerprint density at radius 1 is 1.35 bits per heavy atom. The molecule has 17 heavy (non-hydrogen) atoms. The number of nitrogens with two attached hydrogens (primary N) is 1. The number of likely N-dealkylation sites (tertiary alicyclic amines) is 1. The van der Waals surface area contributed by atoms with Crippen LogP contribution in [-0.4, -0.2) is 30.6 Å². The molecule has 0 spiro atoms. The van der Waals surface area contributed by atoms with E-state index in [0.717, 1.165) is 6.54 Å². The van der Waals surface area contributed by atoms with Gasteiger partial charge in [-0.15, -0.1) is 0 Å². The van der Waals surface area contributed by atoms with E-state index < -0.39 is 0 Å². The lowest BCUT2D eigenvalue weighted by molar-refractivity contribution is 0.203. The Bertz CT molecular complexity index is 323. The molecule has 0 radical (unpaired) electrons. The third-order valence-electron chi connectivity index (χ3n) is 3.79. The number of benzene rings is 1. The SMILES string of the molecule is C[C@H](CCN1CCC[C@H](N)C1)c1ccccc1. The molecule has 94 valence electrons. The number of hydrogen-bond donors (Lipinski definition) is 1. The highest BCUT2D eigenvalue weighted by atomic mass is 15.1. The van der Waals surface area contributed by atoms with Gasteiger partial charge in [-0.2, -0.15) is 0 Å². The van der Waals surface area contributed by atoms with Gasteiger partial charge in [-0.1, -0.05) is 37.3 Å². The second-order valence-corrected chi connectivity index (χ2v) is 5.30. The van der Waals surface area contributed by atoms with Crippen molar-refractivity contribution in [3.63, 3.8) is 0 Å². The Morgan fingerprint density at radius 3 is 2.82 bits per heavy atom. The molecule has 2 heteroatoms. The average Bonchev–Trinajstić information content (AvgIpc) is 2.37. The van der Waals surface area contributed by atoms with E-state index in [1.165, 1.54) is 37.9 Å². The molecule has 2 N–H and O–H groups in total. The summed E-state index contributed by atoms with van der Waals surface area (Å²) in [6.07, 6.45) is 3.70. The minimum Gasteiger partial charge on any atom is -0.327 e. The highest BCUT2D eigenvalue weighted by Crippen LogP contribution is 2.19. The van der Waals surface area contributed by atoms with Crippen molar-refractivity contribution in [2.24, 2.45) is 5.73 Å². The molecule has 2 rings (SSSR count). The fourth-order valence-electron chi connectivity index (χ4n) is 2.62. The number of hydrogen-bond acceptors (Lipinski definition) is 2. The zero-order chi connectivity index (χ0) is 12.1. The fraction of sp³-hybridized carbons (Fsp3) is 0.600. The molecule has 0 amide bonds. The third-order valence-corrected chi connectivity index (χ3v) is 3.79. The summed E-state index contributed by atoms with van der Waals surface area (Å²) in [6.45, 7) is 5.82. The molecule has 0 bridgehead atoms. The van der Waals surface area contributed by atoms with Crippen LogP contribution in [0.2, 0.25) is 0 Å². The molecule has 1 aliphatic heterocycles. The maximum absolute atomic E-state index is 6.00. The summed E-state index contributed by atoms with van der Waals surface area (Å²) in [4.78, 5) is 2.52. The monoisotopic (exact) mass is 232 g/mol. The number of piperidine rings is 1. The van der Waals surface area contributed by atoms with Gasteiger partial charge in [0.05, 0.1) is 0 Å². The van der Waals surface area contributed by atoms with E-state index >= 15 is 0 Å².